The first-order chi connectivity index (χ1) is 12.4. The minimum atomic E-state index is -0.857. The van der Waals surface area contributed by atoms with Crippen molar-refractivity contribution < 1.29 is 14.4 Å². The van der Waals surface area contributed by atoms with Crippen LogP contribution in [-0.2, 0) is 9.59 Å². The van der Waals surface area contributed by atoms with E-state index in [0.29, 0.717) is 12.8 Å². The Morgan fingerprint density at radius 3 is 2.27 bits per heavy atom. The Kier molecular flexibility index (Phi) is 6.40. The molecule has 26 heavy (non-hydrogen) atoms. The lowest BCUT2D eigenvalue weighted by Crippen LogP contribution is -2.47. The quantitative estimate of drug-likeness (QED) is 0.725. The van der Waals surface area contributed by atoms with E-state index < -0.39 is 11.6 Å². The van der Waals surface area contributed by atoms with E-state index in [4.69, 9.17) is 0 Å². The van der Waals surface area contributed by atoms with Crippen molar-refractivity contribution in [1.29, 1.82) is 0 Å². The molecule has 142 valence electrons. The van der Waals surface area contributed by atoms with Crippen molar-refractivity contribution in [2.24, 2.45) is 0 Å². The molecule has 6 heteroatoms. The number of amides is 4. The number of rotatable bonds is 8. The third-order valence-corrected chi connectivity index (χ3v) is 5.15. The van der Waals surface area contributed by atoms with Gasteiger partial charge in [0.15, 0.2) is 0 Å². The van der Waals surface area contributed by atoms with Gasteiger partial charge < -0.3 is 10.2 Å². The topological polar surface area (TPSA) is 69.7 Å². The first-order valence-electron chi connectivity index (χ1n) is 9.31. The Morgan fingerprint density at radius 2 is 1.73 bits per heavy atom. The maximum Gasteiger partial charge on any atom is 0.325 e. The summed E-state index contributed by atoms with van der Waals surface area (Å²) in [5.74, 6) is -0.533. The van der Waals surface area contributed by atoms with Crippen molar-refractivity contribution >= 4 is 17.8 Å². The number of nitrogens with zero attached hydrogens (tertiary/aromatic N) is 2. The second-order valence-electron chi connectivity index (χ2n) is 6.99. The minimum Gasteiger partial charge on any atom is -0.337 e. The Labute approximate surface area is 155 Å². The van der Waals surface area contributed by atoms with Gasteiger partial charge in [0.25, 0.3) is 5.91 Å². The SMILES string of the molecule is CCCC1(CCC)NC(=O)N(CC(=O)N(C)C(C)c2ccccc2)C1=O. The number of imide groups is 1. The maximum absolute atomic E-state index is 12.9. The van der Waals surface area contributed by atoms with Crippen LogP contribution in [0.5, 0.6) is 0 Å². The molecule has 4 amide bonds. The van der Waals surface area contributed by atoms with Crippen molar-refractivity contribution in [3.05, 3.63) is 35.9 Å². The number of carbonyl (C=O) groups excluding carboxylic acids is 3. The van der Waals surface area contributed by atoms with Crippen LogP contribution in [0.2, 0.25) is 0 Å². The number of nitrogens with one attached hydrogen (secondary N) is 1. The molecule has 1 N–H and O–H groups in total. The van der Waals surface area contributed by atoms with Gasteiger partial charge in [-0.25, -0.2) is 4.79 Å². The van der Waals surface area contributed by atoms with Gasteiger partial charge in [0, 0.05) is 7.05 Å². The van der Waals surface area contributed by atoms with Crippen molar-refractivity contribution in [3.8, 4) is 0 Å². The third-order valence-electron chi connectivity index (χ3n) is 5.15. The molecular weight excluding hydrogens is 330 g/mol. The number of carbonyl (C=O) groups is 3. The summed E-state index contributed by atoms with van der Waals surface area (Å²) in [6.45, 7) is 5.67. The van der Waals surface area contributed by atoms with Crippen LogP contribution in [0.15, 0.2) is 30.3 Å². The molecule has 0 aliphatic carbocycles. The van der Waals surface area contributed by atoms with Gasteiger partial charge >= 0.3 is 6.03 Å². The van der Waals surface area contributed by atoms with Crippen LogP contribution in [0, 0.1) is 0 Å². The van der Waals surface area contributed by atoms with Crippen LogP contribution in [0.25, 0.3) is 0 Å². The zero-order valence-corrected chi connectivity index (χ0v) is 16.1. The Hall–Kier alpha value is -2.37. The summed E-state index contributed by atoms with van der Waals surface area (Å²) in [6.07, 6.45) is 2.76. The fourth-order valence-corrected chi connectivity index (χ4v) is 3.56. The molecule has 1 aliphatic heterocycles. The lowest BCUT2D eigenvalue weighted by molar-refractivity contribution is -0.139. The zero-order chi connectivity index (χ0) is 19.3. The average Bonchev–Trinajstić information content (AvgIpc) is 2.86. The maximum atomic E-state index is 12.9. The third kappa shape index (κ3) is 3.89. The van der Waals surface area contributed by atoms with E-state index in [1.807, 2.05) is 51.1 Å². The van der Waals surface area contributed by atoms with Crippen LogP contribution in [0.4, 0.5) is 4.79 Å². The molecule has 0 aromatic heterocycles. The van der Waals surface area contributed by atoms with Gasteiger partial charge in [-0.15, -0.1) is 0 Å². The summed E-state index contributed by atoms with van der Waals surface area (Å²) in [4.78, 5) is 40.6. The normalized spacial score (nSPS) is 17.2. The molecule has 1 aromatic rings. The number of urea groups is 1. The fourth-order valence-electron chi connectivity index (χ4n) is 3.56. The predicted molar refractivity (Wildman–Crippen MR) is 100 cm³/mol. The van der Waals surface area contributed by atoms with Gasteiger partial charge in [-0.1, -0.05) is 57.0 Å². The number of hydrogen-bond acceptors (Lipinski definition) is 3. The van der Waals surface area contributed by atoms with E-state index in [-0.39, 0.29) is 24.4 Å². The van der Waals surface area contributed by atoms with E-state index in [2.05, 4.69) is 5.32 Å². The van der Waals surface area contributed by atoms with Crippen LogP contribution in [0.3, 0.4) is 0 Å². The molecule has 1 aliphatic rings. The Bertz CT molecular complexity index is 654. The van der Waals surface area contributed by atoms with Gasteiger partial charge in [0.05, 0.1) is 6.04 Å². The van der Waals surface area contributed by atoms with E-state index >= 15 is 0 Å². The molecule has 6 nitrogen and oxygen atoms in total. The number of likely N-dealkylation sites (N-methyl/N-ethyl adjacent to an activating group) is 1. The molecule has 1 aromatic carbocycles. The largest absolute Gasteiger partial charge is 0.337 e. The minimum absolute atomic E-state index is 0.138. The molecule has 1 unspecified atom stereocenters. The fraction of sp³-hybridized carbons (Fsp3) is 0.550. The molecule has 1 saturated heterocycles. The van der Waals surface area contributed by atoms with Crippen LogP contribution in [0.1, 0.15) is 58.1 Å². The average molecular weight is 359 g/mol. The summed E-state index contributed by atoms with van der Waals surface area (Å²) in [7, 11) is 1.70. The molecule has 1 atom stereocenters. The molecule has 1 fully saturated rings. The first kappa shape index (κ1) is 19.9. The molecule has 1 heterocycles. The van der Waals surface area contributed by atoms with Crippen molar-refractivity contribution in [2.45, 2.75) is 58.0 Å². The smallest absolute Gasteiger partial charge is 0.325 e. The second kappa shape index (κ2) is 8.34. The molecular formula is C20H29N3O3. The van der Waals surface area contributed by atoms with Gasteiger partial charge in [-0.05, 0) is 25.3 Å². The lowest BCUT2D eigenvalue weighted by Gasteiger charge is -2.28. The van der Waals surface area contributed by atoms with Gasteiger partial charge in [-0.3, -0.25) is 14.5 Å². The van der Waals surface area contributed by atoms with Crippen molar-refractivity contribution in [3.63, 3.8) is 0 Å². The molecule has 0 saturated carbocycles. The van der Waals surface area contributed by atoms with Crippen LogP contribution >= 0.6 is 0 Å². The van der Waals surface area contributed by atoms with E-state index in [9.17, 15) is 14.4 Å². The lowest BCUT2D eigenvalue weighted by atomic mass is 9.88. The van der Waals surface area contributed by atoms with Crippen molar-refractivity contribution in [1.82, 2.24) is 15.1 Å². The van der Waals surface area contributed by atoms with Crippen LogP contribution in [-0.4, -0.2) is 46.8 Å². The number of benzene rings is 1. The van der Waals surface area contributed by atoms with Gasteiger partial charge in [0.1, 0.15) is 12.1 Å². The Balaban J connectivity index is 2.10. The van der Waals surface area contributed by atoms with E-state index in [0.717, 1.165) is 23.3 Å². The zero-order valence-electron chi connectivity index (χ0n) is 16.1. The number of hydrogen-bond donors (Lipinski definition) is 1. The molecule has 0 radical (unpaired) electrons. The molecule has 0 bridgehead atoms. The highest BCUT2D eigenvalue weighted by atomic mass is 16.2. The highest BCUT2D eigenvalue weighted by Crippen LogP contribution is 2.28. The summed E-state index contributed by atoms with van der Waals surface area (Å²) in [5, 5.41) is 2.84. The first-order valence-corrected chi connectivity index (χ1v) is 9.31. The summed E-state index contributed by atoms with van der Waals surface area (Å²) < 4.78 is 0. The van der Waals surface area contributed by atoms with Gasteiger partial charge in [-0.2, -0.15) is 0 Å². The summed E-state index contributed by atoms with van der Waals surface area (Å²) in [5.41, 5.74) is 0.150. The highest BCUT2D eigenvalue weighted by molar-refractivity contribution is 6.09. The van der Waals surface area contributed by atoms with Crippen molar-refractivity contribution in [2.75, 3.05) is 13.6 Å². The standard InChI is InChI=1S/C20H29N3O3/c1-5-12-20(13-6-2)18(25)23(19(26)21-20)14-17(24)22(4)15(3)16-10-8-7-9-11-16/h7-11,15H,5-6,12-14H2,1-4H3,(H,21,26). The second-order valence-corrected chi connectivity index (χ2v) is 6.99. The van der Waals surface area contributed by atoms with E-state index in [1.54, 1.807) is 11.9 Å². The molecule has 0 spiro atoms. The highest BCUT2D eigenvalue weighted by Gasteiger charge is 2.50. The monoisotopic (exact) mass is 359 g/mol. The Morgan fingerprint density at radius 1 is 1.15 bits per heavy atom. The van der Waals surface area contributed by atoms with Gasteiger partial charge in [0.2, 0.25) is 5.91 Å². The van der Waals surface area contributed by atoms with Crippen LogP contribution < -0.4 is 5.32 Å². The van der Waals surface area contributed by atoms with E-state index in [1.165, 1.54) is 0 Å². The summed E-state index contributed by atoms with van der Waals surface area (Å²) >= 11 is 0. The molecule has 2 rings (SSSR count). The predicted octanol–water partition coefficient (Wildman–Crippen LogP) is 3.10. The summed E-state index contributed by atoms with van der Waals surface area (Å²) in [6, 6.07) is 9.07.